The molecule has 2 N–H and O–H groups in total. The molecule has 0 spiro atoms. The second kappa shape index (κ2) is 7.47. The van der Waals surface area contributed by atoms with Gasteiger partial charge in [-0.1, -0.05) is 0 Å². The summed E-state index contributed by atoms with van der Waals surface area (Å²) < 4.78 is 24.8. The van der Waals surface area contributed by atoms with Crippen LogP contribution in [-0.4, -0.2) is 38.6 Å². The van der Waals surface area contributed by atoms with Gasteiger partial charge in [0.05, 0.1) is 37.1 Å². The molecule has 8 nitrogen and oxygen atoms in total. The summed E-state index contributed by atoms with van der Waals surface area (Å²) in [5.74, 6) is 0.463. The molecule has 1 radical (unpaired) electrons. The molecule has 0 amide bonds. The number of H-pyrrole nitrogens is 1. The smallest absolute Gasteiger partial charge is 0.226 e. The normalized spacial score (nSPS) is 10.8. The number of methoxy groups -OCH3 is 1. The molecule has 9 heteroatoms. The molecule has 0 bridgehead atoms. The van der Waals surface area contributed by atoms with E-state index >= 15 is 0 Å². The summed E-state index contributed by atoms with van der Waals surface area (Å²) in [5.41, 5.74) is 2.38. The fraction of sp³-hybridized carbons (Fsp3) is 0.158. The maximum absolute atomic E-state index is 14.2. The van der Waals surface area contributed by atoms with Crippen LogP contribution in [0.5, 0.6) is 11.8 Å². The lowest BCUT2D eigenvalue weighted by Gasteiger charge is -2.09. The van der Waals surface area contributed by atoms with Crippen molar-refractivity contribution in [1.29, 1.82) is 0 Å². The predicted octanol–water partition coefficient (Wildman–Crippen LogP) is 3.51. The van der Waals surface area contributed by atoms with E-state index in [2.05, 4.69) is 36.3 Å². The molecule has 0 saturated carbocycles. The average Bonchev–Trinajstić information content (AvgIpc) is 3.14. The first-order chi connectivity index (χ1) is 13.7. The van der Waals surface area contributed by atoms with Crippen molar-refractivity contribution >= 4 is 22.5 Å². The molecule has 0 aliphatic carbocycles. The highest BCUT2D eigenvalue weighted by Gasteiger charge is 2.16. The Bertz CT molecular complexity index is 1110. The number of nitrogens with zero attached hydrogens (tertiary/aromatic N) is 4. The van der Waals surface area contributed by atoms with Gasteiger partial charge in [0, 0.05) is 23.4 Å². The minimum atomic E-state index is -0.745. The lowest BCUT2D eigenvalue weighted by Crippen LogP contribution is -1.98. The summed E-state index contributed by atoms with van der Waals surface area (Å²) in [7, 11) is 1.53. The van der Waals surface area contributed by atoms with Crippen LogP contribution in [0.4, 0.5) is 15.9 Å². The molecule has 4 aromatic rings. The standard InChI is InChI=1S/C19H16FN6O2/c1-3-28-19-17-13(9-22-18(17)23-10-24-19)11-6-14(20)26-15(7-11)25-12-4-5-16(27-2)21-8-12/h4-5,7-10H,3H2,1-2H3,(H,25,26)(H,22,23,24). The van der Waals surface area contributed by atoms with Gasteiger partial charge in [-0.15, -0.1) is 0 Å². The SMILES string of the molecule is CCOc1ncnc2[nH]cc(-c3[c]c(F)nc(Nc4ccc(OC)nc4)c3)c12. The van der Waals surface area contributed by atoms with Crippen LogP contribution in [0, 0.1) is 12.0 Å². The van der Waals surface area contributed by atoms with Crippen LogP contribution in [0.25, 0.3) is 22.2 Å². The largest absolute Gasteiger partial charge is 0.481 e. The van der Waals surface area contributed by atoms with Gasteiger partial charge in [-0.25, -0.2) is 19.9 Å². The highest BCUT2D eigenvalue weighted by atomic mass is 19.1. The van der Waals surface area contributed by atoms with E-state index in [1.165, 1.54) is 13.4 Å². The van der Waals surface area contributed by atoms with E-state index in [9.17, 15) is 4.39 Å². The number of hydrogen-bond donors (Lipinski definition) is 2. The summed E-state index contributed by atoms with van der Waals surface area (Å²) in [6.45, 7) is 2.31. The molecule has 0 atom stereocenters. The van der Waals surface area contributed by atoms with Gasteiger partial charge in [-0.05, 0) is 19.1 Å². The average molecular weight is 379 g/mol. The van der Waals surface area contributed by atoms with E-state index < -0.39 is 5.95 Å². The van der Waals surface area contributed by atoms with Gasteiger partial charge in [0.15, 0.2) is 0 Å². The van der Waals surface area contributed by atoms with Crippen LogP contribution in [-0.2, 0) is 0 Å². The van der Waals surface area contributed by atoms with Gasteiger partial charge in [0.2, 0.25) is 17.7 Å². The molecular weight excluding hydrogens is 363 g/mol. The quantitative estimate of drug-likeness (QED) is 0.495. The van der Waals surface area contributed by atoms with E-state index in [0.29, 0.717) is 52.0 Å². The number of hydrogen-bond acceptors (Lipinski definition) is 7. The van der Waals surface area contributed by atoms with Crippen molar-refractivity contribution in [3.63, 3.8) is 0 Å². The molecule has 28 heavy (non-hydrogen) atoms. The van der Waals surface area contributed by atoms with Crippen LogP contribution < -0.4 is 14.8 Å². The van der Waals surface area contributed by atoms with Gasteiger partial charge < -0.3 is 19.8 Å². The Morgan fingerprint density at radius 1 is 1.25 bits per heavy atom. The fourth-order valence-electron chi connectivity index (χ4n) is 2.77. The van der Waals surface area contributed by atoms with Crippen LogP contribution in [0.2, 0.25) is 0 Å². The number of pyridine rings is 2. The summed E-state index contributed by atoms with van der Waals surface area (Å²) >= 11 is 0. The summed E-state index contributed by atoms with van der Waals surface area (Å²) in [4.78, 5) is 19.4. The summed E-state index contributed by atoms with van der Waals surface area (Å²) in [6, 6.07) is 7.76. The number of aromatic amines is 1. The Hall–Kier alpha value is -3.75. The minimum absolute atomic E-state index is 0.308. The van der Waals surface area contributed by atoms with Gasteiger partial charge in [0.1, 0.15) is 17.8 Å². The van der Waals surface area contributed by atoms with Crippen LogP contribution in [0.1, 0.15) is 6.92 Å². The Balaban J connectivity index is 1.74. The Kier molecular flexibility index (Phi) is 4.71. The molecule has 0 aliphatic rings. The first-order valence-corrected chi connectivity index (χ1v) is 8.50. The first-order valence-electron chi connectivity index (χ1n) is 8.50. The maximum atomic E-state index is 14.2. The van der Waals surface area contributed by atoms with Gasteiger partial charge in [-0.2, -0.15) is 4.39 Å². The third kappa shape index (κ3) is 3.41. The third-order valence-corrected chi connectivity index (χ3v) is 3.96. The molecule has 0 fully saturated rings. The zero-order valence-electron chi connectivity index (χ0n) is 15.2. The molecule has 4 heterocycles. The van der Waals surface area contributed by atoms with Crippen molar-refractivity contribution in [2.45, 2.75) is 6.92 Å². The van der Waals surface area contributed by atoms with Gasteiger partial charge in [0.25, 0.3) is 0 Å². The fourth-order valence-corrected chi connectivity index (χ4v) is 2.77. The van der Waals surface area contributed by atoms with Crippen molar-refractivity contribution in [3.05, 3.63) is 48.9 Å². The van der Waals surface area contributed by atoms with Crippen molar-refractivity contribution < 1.29 is 13.9 Å². The van der Waals surface area contributed by atoms with E-state index in [1.54, 1.807) is 30.6 Å². The molecule has 0 unspecified atom stereocenters. The minimum Gasteiger partial charge on any atom is -0.481 e. The summed E-state index contributed by atoms with van der Waals surface area (Å²) in [6.07, 6.45) is 4.70. The van der Waals surface area contributed by atoms with E-state index in [4.69, 9.17) is 9.47 Å². The van der Waals surface area contributed by atoms with E-state index in [-0.39, 0.29) is 0 Å². The molecular formula is C19H16FN6O2. The number of fused-ring (bicyclic) bond motifs is 1. The third-order valence-electron chi connectivity index (χ3n) is 3.96. The highest BCUT2D eigenvalue weighted by molar-refractivity contribution is 5.97. The van der Waals surface area contributed by atoms with E-state index in [1.807, 2.05) is 6.92 Å². The van der Waals surface area contributed by atoms with Crippen molar-refractivity contribution in [2.24, 2.45) is 0 Å². The molecule has 4 rings (SSSR count). The maximum Gasteiger partial charge on any atom is 0.226 e. The van der Waals surface area contributed by atoms with E-state index in [0.717, 1.165) is 0 Å². The number of ether oxygens (including phenoxy) is 2. The zero-order chi connectivity index (χ0) is 19.5. The highest BCUT2D eigenvalue weighted by Crippen LogP contribution is 2.34. The Labute approximate surface area is 159 Å². The van der Waals surface area contributed by atoms with Crippen molar-refractivity contribution in [3.8, 4) is 22.9 Å². The number of nitrogens with one attached hydrogen (secondary N) is 2. The number of halogens is 1. The topological polar surface area (TPSA) is 97.8 Å². The molecule has 0 aromatic carbocycles. The second-order valence-corrected chi connectivity index (χ2v) is 5.72. The predicted molar refractivity (Wildman–Crippen MR) is 101 cm³/mol. The number of anilines is 2. The Morgan fingerprint density at radius 3 is 2.89 bits per heavy atom. The number of rotatable bonds is 6. The first kappa shape index (κ1) is 17.7. The molecule has 141 valence electrons. The van der Waals surface area contributed by atoms with Crippen molar-refractivity contribution in [1.82, 2.24) is 24.9 Å². The van der Waals surface area contributed by atoms with Crippen molar-refractivity contribution in [2.75, 3.05) is 19.0 Å². The summed E-state index contributed by atoms with van der Waals surface area (Å²) in [5, 5.41) is 3.68. The van der Waals surface area contributed by atoms with Crippen LogP contribution in [0.3, 0.4) is 0 Å². The van der Waals surface area contributed by atoms with Crippen LogP contribution in [0.15, 0.2) is 36.9 Å². The number of aromatic nitrogens is 5. The second-order valence-electron chi connectivity index (χ2n) is 5.72. The molecule has 0 aliphatic heterocycles. The van der Waals surface area contributed by atoms with Gasteiger partial charge in [-0.3, -0.25) is 0 Å². The zero-order valence-corrected chi connectivity index (χ0v) is 15.2. The Morgan fingerprint density at radius 2 is 2.14 bits per heavy atom. The molecule has 0 saturated heterocycles. The molecule has 4 aromatic heterocycles. The lowest BCUT2D eigenvalue weighted by atomic mass is 10.1. The van der Waals surface area contributed by atoms with Gasteiger partial charge >= 0.3 is 0 Å². The monoisotopic (exact) mass is 379 g/mol. The lowest BCUT2D eigenvalue weighted by molar-refractivity contribution is 0.331. The van der Waals surface area contributed by atoms with Crippen LogP contribution >= 0.6 is 0 Å².